The summed E-state index contributed by atoms with van der Waals surface area (Å²) in [5.74, 6) is 0.688. The number of fused-ring (bicyclic) bond motifs is 2. The standard InChI is InChI=1S/C25H19N7OS/c1-13(33)21-4-5-22(34-21)19-11-28-12-20-23(19)31-25(30-20)24-18-7-14(2-3-15(18)9-29-32-24)16-6-17(26)10-27-8-16/h2-8,10-12,29H,9,26H2,1H3,(H,30,31). The van der Waals surface area contributed by atoms with Crippen LogP contribution in [0.2, 0.25) is 0 Å². The van der Waals surface area contributed by atoms with Crippen LogP contribution >= 0.6 is 11.3 Å². The number of H-pyrrole nitrogens is 1. The van der Waals surface area contributed by atoms with Crippen molar-refractivity contribution < 1.29 is 4.79 Å². The van der Waals surface area contributed by atoms with E-state index in [1.807, 2.05) is 18.2 Å². The summed E-state index contributed by atoms with van der Waals surface area (Å²) in [7, 11) is 0. The molecule has 0 spiro atoms. The molecule has 0 bridgehead atoms. The molecule has 0 aliphatic carbocycles. The van der Waals surface area contributed by atoms with E-state index in [4.69, 9.17) is 10.7 Å². The summed E-state index contributed by atoms with van der Waals surface area (Å²) in [4.78, 5) is 30.3. The van der Waals surface area contributed by atoms with Crippen molar-refractivity contribution in [3.8, 4) is 21.6 Å². The van der Waals surface area contributed by atoms with Crippen molar-refractivity contribution in [2.45, 2.75) is 13.5 Å². The number of anilines is 1. The summed E-state index contributed by atoms with van der Waals surface area (Å²) in [6.07, 6.45) is 6.96. The molecule has 0 fully saturated rings. The number of hydrogen-bond donors (Lipinski definition) is 3. The molecular formula is C25H19N7OS. The van der Waals surface area contributed by atoms with Gasteiger partial charge in [-0.15, -0.1) is 11.3 Å². The molecule has 0 atom stereocenters. The third-order valence-electron chi connectivity index (χ3n) is 5.76. The van der Waals surface area contributed by atoms with Crippen molar-refractivity contribution in [2.75, 3.05) is 5.73 Å². The van der Waals surface area contributed by atoms with Crippen molar-refractivity contribution in [1.29, 1.82) is 0 Å². The van der Waals surface area contributed by atoms with Crippen LogP contribution in [0.3, 0.4) is 0 Å². The highest BCUT2D eigenvalue weighted by molar-refractivity contribution is 7.17. The van der Waals surface area contributed by atoms with Gasteiger partial charge in [0.05, 0.1) is 28.8 Å². The summed E-state index contributed by atoms with van der Waals surface area (Å²) in [6, 6.07) is 11.9. The minimum absolute atomic E-state index is 0.0459. The lowest BCUT2D eigenvalue weighted by Gasteiger charge is -2.17. The fourth-order valence-corrected chi connectivity index (χ4v) is 5.00. The van der Waals surface area contributed by atoms with E-state index in [0.29, 0.717) is 22.9 Å². The molecule has 8 nitrogen and oxygen atoms in total. The number of carbonyl (C=O) groups is 1. The van der Waals surface area contributed by atoms with Gasteiger partial charge < -0.3 is 16.1 Å². The second-order valence-corrected chi connectivity index (χ2v) is 9.15. The first-order valence-corrected chi connectivity index (χ1v) is 11.5. The first kappa shape index (κ1) is 20.3. The fraction of sp³-hybridized carbons (Fsp3) is 0.0800. The molecule has 4 aromatic heterocycles. The number of imidazole rings is 1. The molecule has 5 aromatic rings. The summed E-state index contributed by atoms with van der Waals surface area (Å²) in [5.41, 5.74) is 16.9. The Morgan fingerprint density at radius 3 is 2.71 bits per heavy atom. The topological polar surface area (TPSA) is 122 Å². The SMILES string of the molecule is CC(=O)c1ccc(-c2cncc3[nH]c(C4=NNCc5ccc(-c6cncc(N)c6)cc54)nc23)s1. The lowest BCUT2D eigenvalue weighted by atomic mass is 9.96. The van der Waals surface area contributed by atoms with E-state index in [1.54, 1.807) is 31.7 Å². The molecule has 6 rings (SSSR count). The van der Waals surface area contributed by atoms with Gasteiger partial charge in [0.1, 0.15) is 11.2 Å². The van der Waals surface area contributed by atoms with Crippen LogP contribution in [-0.2, 0) is 6.54 Å². The Labute approximate surface area is 198 Å². The van der Waals surface area contributed by atoms with E-state index in [0.717, 1.165) is 49.4 Å². The first-order valence-electron chi connectivity index (χ1n) is 10.7. The van der Waals surface area contributed by atoms with E-state index in [9.17, 15) is 4.79 Å². The number of pyridine rings is 2. The second kappa shape index (κ2) is 7.89. The molecular weight excluding hydrogens is 446 g/mol. The number of hydrogen-bond acceptors (Lipinski definition) is 8. The van der Waals surface area contributed by atoms with E-state index >= 15 is 0 Å². The van der Waals surface area contributed by atoms with Crippen LogP contribution < -0.4 is 11.2 Å². The average Bonchev–Trinajstić information content (AvgIpc) is 3.51. The van der Waals surface area contributed by atoms with Crippen LogP contribution in [0.25, 0.3) is 32.6 Å². The summed E-state index contributed by atoms with van der Waals surface area (Å²) in [5, 5.41) is 4.59. The van der Waals surface area contributed by atoms with E-state index in [1.165, 1.54) is 11.3 Å². The number of aromatic nitrogens is 4. The van der Waals surface area contributed by atoms with Gasteiger partial charge in [-0.2, -0.15) is 5.10 Å². The minimum atomic E-state index is 0.0459. The summed E-state index contributed by atoms with van der Waals surface area (Å²) < 4.78 is 0. The average molecular weight is 466 g/mol. The number of nitrogens with one attached hydrogen (secondary N) is 2. The Bertz CT molecular complexity index is 1610. The predicted octanol–water partition coefficient (Wildman–Crippen LogP) is 4.39. The van der Waals surface area contributed by atoms with E-state index in [2.05, 4.69) is 43.7 Å². The lowest BCUT2D eigenvalue weighted by molar-refractivity contribution is 0.102. The van der Waals surface area contributed by atoms with Crippen molar-refractivity contribution in [1.82, 2.24) is 25.4 Å². The smallest absolute Gasteiger partial charge is 0.169 e. The number of hydrazone groups is 1. The molecule has 0 unspecified atom stereocenters. The largest absolute Gasteiger partial charge is 0.397 e. The number of nitrogens with two attached hydrogens (primary N) is 1. The van der Waals surface area contributed by atoms with Crippen LogP contribution in [0.4, 0.5) is 5.69 Å². The van der Waals surface area contributed by atoms with Crippen molar-refractivity contribution in [2.24, 2.45) is 5.10 Å². The molecule has 166 valence electrons. The van der Waals surface area contributed by atoms with Gasteiger partial charge in [0, 0.05) is 40.2 Å². The number of nitrogens with zero attached hydrogens (tertiary/aromatic N) is 4. The third kappa shape index (κ3) is 3.43. The first-order chi connectivity index (χ1) is 16.6. The summed E-state index contributed by atoms with van der Waals surface area (Å²) in [6.45, 7) is 2.20. The molecule has 1 aliphatic heterocycles. The van der Waals surface area contributed by atoms with E-state index < -0.39 is 0 Å². The number of carbonyl (C=O) groups excluding carboxylic acids is 1. The molecule has 0 saturated heterocycles. The molecule has 1 aliphatic rings. The zero-order chi connectivity index (χ0) is 23.2. The Kier molecular flexibility index (Phi) is 4.70. The van der Waals surface area contributed by atoms with Gasteiger partial charge in [0.15, 0.2) is 11.6 Å². The number of nitrogen functional groups attached to an aromatic ring is 1. The molecule has 34 heavy (non-hydrogen) atoms. The molecule has 0 amide bonds. The highest BCUT2D eigenvalue weighted by Gasteiger charge is 2.21. The Morgan fingerprint density at radius 2 is 1.88 bits per heavy atom. The number of aromatic amines is 1. The van der Waals surface area contributed by atoms with Crippen molar-refractivity contribution >= 4 is 39.6 Å². The fourth-order valence-electron chi connectivity index (χ4n) is 4.09. The zero-order valence-electron chi connectivity index (χ0n) is 18.2. The van der Waals surface area contributed by atoms with Gasteiger partial charge in [-0.1, -0.05) is 12.1 Å². The van der Waals surface area contributed by atoms with Crippen molar-refractivity contribution in [3.63, 3.8) is 0 Å². The highest BCUT2D eigenvalue weighted by Crippen LogP contribution is 2.33. The van der Waals surface area contributed by atoms with Crippen LogP contribution in [0, 0.1) is 0 Å². The monoisotopic (exact) mass is 465 g/mol. The number of thiophene rings is 1. The molecule has 0 radical (unpaired) electrons. The number of benzene rings is 1. The van der Waals surface area contributed by atoms with E-state index in [-0.39, 0.29) is 5.78 Å². The van der Waals surface area contributed by atoms with Gasteiger partial charge in [0.25, 0.3) is 0 Å². The molecule has 5 heterocycles. The maximum absolute atomic E-state index is 11.8. The van der Waals surface area contributed by atoms with Gasteiger partial charge in [0.2, 0.25) is 0 Å². The maximum atomic E-state index is 11.8. The minimum Gasteiger partial charge on any atom is -0.397 e. The number of Topliss-reactive ketones (excluding diaryl/α,β-unsaturated/α-hetero) is 1. The predicted molar refractivity (Wildman–Crippen MR) is 134 cm³/mol. The van der Waals surface area contributed by atoms with Gasteiger partial charge in [-0.25, -0.2) is 4.98 Å². The van der Waals surface area contributed by atoms with Crippen LogP contribution in [0.15, 0.2) is 66.3 Å². The molecule has 9 heteroatoms. The van der Waals surface area contributed by atoms with Crippen LogP contribution in [-0.4, -0.2) is 31.4 Å². The normalized spacial score (nSPS) is 12.8. The Morgan fingerprint density at radius 1 is 1.00 bits per heavy atom. The molecule has 0 saturated carbocycles. The van der Waals surface area contributed by atoms with Gasteiger partial charge >= 0.3 is 0 Å². The Hall–Kier alpha value is -4.37. The highest BCUT2D eigenvalue weighted by atomic mass is 32.1. The number of rotatable bonds is 4. The third-order valence-corrected chi connectivity index (χ3v) is 6.97. The number of ketones is 1. The molecule has 4 N–H and O–H groups in total. The van der Waals surface area contributed by atoms with Crippen LogP contribution in [0.5, 0.6) is 0 Å². The van der Waals surface area contributed by atoms with Gasteiger partial charge in [-0.3, -0.25) is 14.8 Å². The maximum Gasteiger partial charge on any atom is 0.169 e. The molecule has 1 aromatic carbocycles. The van der Waals surface area contributed by atoms with Gasteiger partial charge in [-0.05, 0) is 42.3 Å². The summed E-state index contributed by atoms with van der Waals surface area (Å²) >= 11 is 1.44. The lowest BCUT2D eigenvalue weighted by Crippen LogP contribution is -2.22. The quantitative estimate of drug-likeness (QED) is 0.339. The Balaban J connectivity index is 1.45. The zero-order valence-corrected chi connectivity index (χ0v) is 19.0. The second-order valence-electron chi connectivity index (χ2n) is 8.06. The van der Waals surface area contributed by atoms with Crippen molar-refractivity contribution in [3.05, 3.63) is 83.0 Å². The van der Waals surface area contributed by atoms with Crippen LogP contribution in [0.1, 0.15) is 33.5 Å².